The van der Waals surface area contributed by atoms with Crippen molar-refractivity contribution in [2.45, 2.75) is 19.9 Å². The number of rotatable bonds is 8. The van der Waals surface area contributed by atoms with E-state index in [9.17, 15) is 9.59 Å². The summed E-state index contributed by atoms with van der Waals surface area (Å²) in [6.07, 6.45) is 1.61. The molecule has 3 aromatic rings. The van der Waals surface area contributed by atoms with E-state index in [2.05, 4.69) is 15.6 Å². The average Bonchev–Trinajstić information content (AvgIpc) is 3.37. The summed E-state index contributed by atoms with van der Waals surface area (Å²) >= 11 is 1.31. The molecule has 3 rings (SSSR count). The number of aryl methyl sites for hydroxylation is 1. The lowest BCUT2D eigenvalue weighted by molar-refractivity contribution is -0.118. The molecule has 2 amide bonds. The van der Waals surface area contributed by atoms with Crippen LogP contribution in [0.25, 0.3) is 10.9 Å². The van der Waals surface area contributed by atoms with Crippen LogP contribution < -0.4 is 24.8 Å². The van der Waals surface area contributed by atoms with Crippen molar-refractivity contribution < 1.29 is 23.8 Å². The molecule has 0 aliphatic heterocycles. The zero-order valence-corrected chi connectivity index (χ0v) is 19.1. The number of hydrogen-bond donors (Lipinski definition) is 2. The summed E-state index contributed by atoms with van der Waals surface area (Å²) in [6.45, 7) is 3.74. The van der Waals surface area contributed by atoms with Gasteiger partial charge < -0.3 is 29.4 Å². The number of hydrogen-bond acceptors (Lipinski definition) is 7. The van der Waals surface area contributed by atoms with Crippen molar-refractivity contribution >= 4 is 39.2 Å². The van der Waals surface area contributed by atoms with Crippen molar-refractivity contribution in [3.05, 3.63) is 29.4 Å². The normalized spacial score (nSPS) is 12.0. The first-order chi connectivity index (χ1) is 14.8. The lowest BCUT2D eigenvalue weighted by atomic mass is 10.0. The number of ether oxygens (including phenoxy) is 3. The van der Waals surface area contributed by atoms with Crippen LogP contribution in [0.3, 0.4) is 0 Å². The number of carbonyl (C=O) groups excluding carboxylic acids is 2. The molecule has 0 aliphatic carbocycles. The first-order valence-corrected chi connectivity index (χ1v) is 10.5. The topological polar surface area (TPSA) is 104 Å². The average molecular weight is 447 g/mol. The third-order valence-corrected chi connectivity index (χ3v) is 5.64. The number of aromatic nitrogens is 2. The Bertz CT molecular complexity index is 1090. The molecule has 0 radical (unpaired) electrons. The van der Waals surface area contributed by atoms with Gasteiger partial charge in [-0.15, -0.1) is 11.3 Å². The Balaban J connectivity index is 1.95. The molecule has 31 heavy (non-hydrogen) atoms. The Kier molecular flexibility index (Phi) is 6.69. The summed E-state index contributed by atoms with van der Waals surface area (Å²) in [5, 5.41) is 8.59. The second-order valence-electron chi connectivity index (χ2n) is 7.19. The summed E-state index contributed by atoms with van der Waals surface area (Å²) in [5.74, 6) is 0.555. The van der Waals surface area contributed by atoms with Crippen LogP contribution in [0.15, 0.2) is 23.7 Å². The number of nitrogens with one attached hydrogen (secondary N) is 2. The van der Waals surface area contributed by atoms with Crippen LogP contribution >= 0.6 is 11.3 Å². The number of thiazole rings is 1. The Morgan fingerprint density at radius 1 is 1.10 bits per heavy atom. The second-order valence-corrected chi connectivity index (χ2v) is 8.09. The molecule has 2 N–H and O–H groups in total. The lowest BCUT2D eigenvalue weighted by Crippen LogP contribution is -2.47. The fourth-order valence-corrected chi connectivity index (χ4v) is 3.95. The van der Waals surface area contributed by atoms with Gasteiger partial charge in [0.2, 0.25) is 11.7 Å². The molecule has 166 valence electrons. The number of amides is 2. The lowest BCUT2D eigenvalue weighted by Gasteiger charge is -2.21. The third kappa shape index (κ3) is 4.29. The van der Waals surface area contributed by atoms with Crippen molar-refractivity contribution in [3.8, 4) is 17.2 Å². The molecule has 2 heterocycles. The standard InChI is InChI=1S/C21H26N4O5S/c1-11(2)15(20(27)24-21-22-7-8-31-21)23-19(26)13-9-12-10-14(28-4)17(29-5)18(30-6)16(12)25(13)3/h7-11,15H,1-6H3,(H,23,26)(H,22,24,27)/t15-/m1/s1. The van der Waals surface area contributed by atoms with E-state index in [0.29, 0.717) is 33.6 Å². The van der Waals surface area contributed by atoms with E-state index >= 15 is 0 Å². The van der Waals surface area contributed by atoms with Crippen LogP contribution in [0.5, 0.6) is 17.2 Å². The highest BCUT2D eigenvalue weighted by Gasteiger charge is 2.28. The maximum absolute atomic E-state index is 13.1. The summed E-state index contributed by atoms with van der Waals surface area (Å²) < 4.78 is 18.1. The highest BCUT2D eigenvalue weighted by Crippen LogP contribution is 2.44. The molecular weight excluding hydrogens is 420 g/mol. The second kappa shape index (κ2) is 9.25. The van der Waals surface area contributed by atoms with Gasteiger partial charge in [-0.25, -0.2) is 4.98 Å². The van der Waals surface area contributed by atoms with Crippen molar-refractivity contribution in [1.29, 1.82) is 0 Å². The maximum Gasteiger partial charge on any atom is 0.268 e. The van der Waals surface area contributed by atoms with Gasteiger partial charge in [0.05, 0.1) is 26.8 Å². The minimum absolute atomic E-state index is 0.131. The zero-order valence-electron chi connectivity index (χ0n) is 18.3. The predicted molar refractivity (Wildman–Crippen MR) is 119 cm³/mol. The van der Waals surface area contributed by atoms with Gasteiger partial charge in [0.1, 0.15) is 11.7 Å². The maximum atomic E-state index is 13.1. The number of methoxy groups -OCH3 is 3. The van der Waals surface area contributed by atoms with E-state index in [0.717, 1.165) is 5.39 Å². The molecule has 2 aromatic heterocycles. The van der Waals surface area contributed by atoms with Gasteiger partial charge in [-0.1, -0.05) is 13.8 Å². The molecule has 0 spiro atoms. The van der Waals surface area contributed by atoms with Crippen LogP contribution in [0, 0.1) is 5.92 Å². The van der Waals surface area contributed by atoms with Gasteiger partial charge in [-0.2, -0.15) is 0 Å². The summed E-state index contributed by atoms with van der Waals surface area (Å²) in [7, 11) is 6.35. The van der Waals surface area contributed by atoms with E-state index in [4.69, 9.17) is 14.2 Å². The molecule has 9 nitrogen and oxygen atoms in total. The molecule has 0 fully saturated rings. The minimum atomic E-state index is -0.736. The first-order valence-electron chi connectivity index (χ1n) is 9.61. The van der Waals surface area contributed by atoms with Crippen LogP contribution in [0.4, 0.5) is 5.13 Å². The van der Waals surface area contributed by atoms with Crippen molar-refractivity contribution in [3.63, 3.8) is 0 Å². The predicted octanol–water partition coefficient (Wildman–Crippen LogP) is 3.05. The monoisotopic (exact) mass is 446 g/mol. The van der Waals surface area contributed by atoms with Gasteiger partial charge in [-0.3, -0.25) is 9.59 Å². The summed E-state index contributed by atoms with van der Waals surface area (Å²) in [5.41, 5.74) is 1.05. The molecule has 0 bridgehead atoms. The Morgan fingerprint density at radius 2 is 1.81 bits per heavy atom. The number of anilines is 1. The molecule has 1 aromatic carbocycles. The van der Waals surface area contributed by atoms with Gasteiger partial charge in [-0.05, 0) is 18.1 Å². The molecule has 0 aliphatic rings. The number of carbonyl (C=O) groups is 2. The summed E-state index contributed by atoms with van der Waals surface area (Å²) in [4.78, 5) is 29.9. The minimum Gasteiger partial charge on any atom is -0.493 e. The van der Waals surface area contributed by atoms with Crippen LogP contribution in [0.1, 0.15) is 24.3 Å². The molecule has 0 unspecified atom stereocenters. The number of nitrogens with zero attached hydrogens (tertiary/aromatic N) is 2. The van der Waals surface area contributed by atoms with E-state index in [-0.39, 0.29) is 17.7 Å². The zero-order chi connectivity index (χ0) is 22.7. The number of fused-ring (bicyclic) bond motifs is 1. The van der Waals surface area contributed by atoms with Crippen molar-refractivity contribution in [2.24, 2.45) is 13.0 Å². The van der Waals surface area contributed by atoms with E-state index in [1.165, 1.54) is 32.7 Å². The van der Waals surface area contributed by atoms with E-state index in [1.807, 2.05) is 13.8 Å². The van der Waals surface area contributed by atoms with E-state index < -0.39 is 6.04 Å². The molecule has 0 saturated carbocycles. The van der Waals surface area contributed by atoms with Crippen LogP contribution in [-0.2, 0) is 11.8 Å². The van der Waals surface area contributed by atoms with Gasteiger partial charge in [0.25, 0.3) is 5.91 Å². The smallest absolute Gasteiger partial charge is 0.268 e. The quantitative estimate of drug-likeness (QED) is 0.551. The van der Waals surface area contributed by atoms with Gasteiger partial charge in [0, 0.05) is 24.0 Å². The van der Waals surface area contributed by atoms with E-state index in [1.54, 1.807) is 35.3 Å². The first kappa shape index (κ1) is 22.4. The van der Waals surface area contributed by atoms with Crippen LogP contribution in [-0.4, -0.2) is 48.7 Å². The number of benzene rings is 1. The highest BCUT2D eigenvalue weighted by molar-refractivity contribution is 7.13. The largest absolute Gasteiger partial charge is 0.493 e. The van der Waals surface area contributed by atoms with Crippen molar-refractivity contribution in [1.82, 2.24) is 14.9 Å². The molecule has 10 heteroatoms. The molecule has 0 saturated heterocycles. The Hall–Kier alpha value is -3.27. The molecular formula is C21H26N4O5S. The van der Waals surface area contributed by atoms with Gasteiger partial charge in [0.15, 0.2) is 16.6 Å². The Morgan fingerprint density at radius 3 is 2.35 bits per heavy atom. The molecule has 1 atom stereocenters. The van der Waals surface area contributed by atoms with Gasteiger partial charge >= 0.3 is 0 Å². The SMILES string of the molecule is COc1cc2cc(C(=O)N[C@@H](C(=O)Nc3nccs3)C(C)C)n(C)c2c(OC)c1OC. The fourth-order valence-electron chi connectivity index (χ4n) is 3.42. The van der Waals surface area contributed by atoms with Crippen LogP contribution in [0.2, 0.25) is 0 Å². The highest BCUT2D eigenvalue weighted by atomic mass is 32.1. The Labute approximate surface area is 184 Å². The van der Waals surface area contributed by atoms with Crippen molar-refractivity contribution in [2.75, 3.05) is 26.6 Å². The fraction of sp³-hybridized carbons (Fsp3) is 0.381. The third-order valence-electron chi connectivity index (χ3n) is 4.95. The summed E-state index contributed by atoms with van der Waals surface area (Å²) in [6, 6.07) is 2.77.